The molecule has 5 aliphatic rings. The minimum Gasteiger partial charge on any atom is -0.456 e. The van der Waals surface area contributed by atoms with Gasteiger partial charge in [0.05, 0.1) is 42.3 Å². The second-order valence-corrected chi connectivity index (χ2v) is 19.3. The van der Waals surface area contributed by atoms with Crippen LogP contribution < -0.4 is 5.32 Å². The van der Waals surface area contributed by atoms with Crippen molar-refractivity contribution in [1.29, 1.82) is 0 Å². The van der Waals surface area contributed by atoms with E-state index < -0.39 is 138 Å². The summed E-state index contributed by atoms with van der Waals surface area (Å²) in [6, 6.07) is 14.8. The van der Waals surface area contributed by atoms with Gasteiger partial charge in [0.2, 0.25) is 5.91 Å². The first-order chi connectivity index (χ1) is 31.6. The van der Waals surface area contributed by atoms with Gasteiger partial charge < -0.3 is 64.4 Å². The topological polar surface area (TPSA) is 274 Å². The van der Waals surface area contributed by atoms with Crippen molar-refractivity contribution in [3.8, 4) is 0 Å². The third-order valence-electron chi connectivity index (χ3n) is 14.9. The molecule has 0 radical (unpaired) electrons. The smallest absolute Gasteiger partial charge is 0.338 e. The number of nitrogens with one attached hydrogen (secondary N) is 1. The number of hydrogen-bond acceptors (Lipinski definition) is 17. The van der Waals surface area contributed by atoms with Gasteiger partial charge in [-0.2, -0.15) is 0 Å². The highest BCUT2D eigenvalue weighted by atomic mass is 16.7. The Bertz CT molecular complexity index is 2200. The Hall–Kier alpha value is -4.63. The zero-order valence-electron chi connectivity index (χ0n) is 38.5. The number of ether oxygens (including phenoxy) is 6. The van der Waals surface area contributed by atoms with Gasteiger partial charge in [-0.25, -0.2) is 9.59 Å². The standard InChI is InChI=1S/C49H63NO17/c1-7-8-11-20-33(53)50-35(27-16-12-9-13-17-27)38(56)44(60)64-30-22-49(61)42(66-43(59)28-18-14-10-15-19-28)40-47(6,41(58)37(55)34(25(30)2)46(49,4)5)31(21-32-48(40,24-63-32)67-26(3)51)65-45-39(57)36(54)29(52)23-62-45/h9-10,12-19,29-32,35-40,42,45,52,54-57,61H,7-8,11,20-24H2,1-6H3,(H,50,53)/t29-,30+,31+,32-,35+,36+,37-,38-,39-,40+,42+,45+,47-,48+,49+/m1/s1. The van der Waals surface area contributed by atoms with Gasteiger partial charge in [0.15, 0.2) is 23.8 Å². The highest BCUT2D eigenvalue weighted by Gasteiger charge is 2.78. The van der Waals surface area contributed by atoms with Gasteiger partial charge in [-0.1, -0.05) is 82.1 Å². The fourth-order valence-corrected chi connectivity index (χ4v) is 11.1. The maximum absolute atomic E-state index is 15.7. The predicted octanol–water partition coefficient (Wildman–Crippen LogP) is 1.89. The normalized spacial score (nSPS) is 36.4. The van der Waals surface area contributed by atoms with Crippen LogP contribution in [0.4, 0.5) is 0 Å². The number of benzene rings is 2. The quantitative estimate of drug-likeness (QED) is 0.0617. The van der Waals surface area contributed by atoms with E-state index in [4.69, 9.17) is 28.4 Å². The Labute approximate surface area is 388 Å². The molecule has 18 heteroatoms. The van der Waals surface area contributed by atoms with E-state index in [9.17, 15) is 49.8 Å². The molecule has 3 aliphatic carbocycles. The number of fused-ring (bicyclic) bond motifs is 5. The Morgan fingerprint density at radius 1 is 0.910 bits per heavy atom. The molecular formula is C49H63NO17. The van der Waals surface area contributed by atoms with E-state index in [1.807, 2.05) is 6.92 Å². The van der Waals surface area contributed by atoms with Gasteiger partial charge >= 0.3 is 17.9 Å². The number of ketones is 1. The molecule has 2 saturated carbocycles. The molecule has 15 atom stereocenters. The minimum absolute atomic E-state index is 0.0365. The monoisotopic (exact) mass is 937 g/mol. The number of aliphatic hydroxyl groups excluding tert-OH is 5. The van der Waals surface area contributed by atoms with Crippen molar-refractivity contribution in [1.82, 2.24) is 5.32 Å². The predicted molar refractivity (Wildman–Crippen MR) is 233 cm³/mol. The molecule has 7 N–H and O–H groups in total. The second-order valence-electron chi connectivity index (χ2n) is 19.3. The summed E-state index contributed by atoms with van der Waals surface area (Å²) >= 11 is 0. The lowest BCUT2D eigenvalue weighted by Gasteiger charge is -2.68. The summed E-state index contributed by atoms with van der Waals surface area (Å²) in [4.78, 5) is 70.8. The van der Waals surface area contributed by atoms with Crippen molar-refractivity contribution in [2.75, 3.05) is 13.2 Å². The van der Waals surface area contributed by atoms with Crippen molar-refractivity contribution in [3.63, 3.8) is 0 Å². The third kappa shape index (κ3) is 8.85. The van der Waals surface area contributed by atoms with Crippen molar-refractivity contribution in [2.45, 2.75) is 159 Å². The fourth-order valence-electron chi connectivity index (χ4n) is 11.1. The lowest BCUT2D eigenvalue weighted by molar-refractivity contribution is -0.366. The molecule has 2 aliphatic heterocycles. The number of amides is 1. The lowest BCUT2D eigenvalue weighted by Crippen LogP contribution is -2.82. The minimum atomic E-state index is -2.45. The Morgan fingerprint density at radius 3 is 2.18 bits per heavy atom. The zero-order valence-corrected chi connectivity index (χ0v) is 38.5. The highest BCUT2D eigenvalue weighted by Crippen LogP contribution is 2.65. The molecule has 0 aromatic heterocycles. The maximum Gasteiger partial charge on any atom is 0.338 e. The van der Waals surface area contributed by atoms with E-state index in [-0.39, 0.29) is 36.2 Å². The van der Waals surface area contributed by atoms with Gasteiger partial charge in [0.25, 0.3) is 0 Å². The largest absolute Gasteiger partial charge is 0.456 e. The number of Topliss-reactive ketones (excluding diaryl/α,β-unsaturated/α-hetero) is 1. The number of esters is 3. The number of aliphatic hydroxyl groups is 6. The first-order valence-electron chi connectivity index (χ1n) is 22.9. The maximum atomic E-state index is 15.7. The number of carbonyl (C=O) groups excluding carboxylic acids is 5. The van der Waals surface area contributed by atoms with Crippen LogP contribution in [0, 0.1) is 16.7 Å². The second kappa shape index (κ2) is 19.4. The molecule has 1 amide bonds. The van der Waals surface area contributed by atoms with Crippen LogP contribution in [0.1, 0.15) is 102 Å². The van der Waals surface area contributed by atoms with Crippen LogP contribution in [0.25, 0.3) is 0 Å². The summed E-state index contributed by atoms with van der Waals surface area (Å²) in [5.74, 6) is -6.02. The first kappa shape index (κ1) is 50.3. The zero-order chi connectivity index (χ0) is 48.8. The molecule has 0 unspecified atom stereocenters. The molecule has 2 saturated heterocycles. The van der Waals surface area contributed by atoms with Gasteiger partial charge in [-0.3, -0.25) is 14.4 Å². The summed E-state index contributed by atoms with van der Waals surface area (Å²) in [5.41, 5.74) is -7.69. The van der Waals surface area contributed by atoms with E-state index in [0.29, 0.717) is 12.0 Å². The van der Waals surface area contributed by atoms with Gasteiger partial charge in [0, 0.05) is 31.6 Å². The summed E-state index contributed by atoms with van der Waals surface area (Å²) in [6.45, 7) is 8.25. The van der Waals surface area contributed by atoms with Crippen molar-refractivity contribution >= 4 is 29.6 Å². The van der Waals surface area contributed by atoms with E-state index in [2.05, 4.69) is 5.32 Å². The van der Waals surface area contributed by atoms with Crippen molar-refractivity contribution in [2.24, 2.45) is 16.7 Å². The summed E-state index contributed by atoms with van der Waals surface area (Å²) in [7, 11) is 0. The van der Waals surface area contributed by atoms with Crippen molar-refractivity contribution < 1.29 is 83.0 Å². The molecule has 2 aromatic carbocycles. The molecule has 2 bridgehead atoms. The van der Waals surface area contributed by atoms with E-state index in [1.165, 1.54) is 39.8 Å². The summed E-state index contributed by atoms with van der Waals surface area (Å²) in [5, 5.41) is 72.8. The van der Waals surface area contributed by atoms with E-state index >= 15 is 4.79 Å². The molecule has 2 heterocycles. The van der Waals surface area contributed by atoms with Crippen LogP contribution in [0.3, 0.4) is 0 Å². The molecule has 18 nitrogen and oxygen atoms in total. The molecule has 0 spiro atoms. The molecule has 7 rings (SSSR count). The Balaban J connectivity index is 1.37. The molecule has 67 heavy (non-hydrogen) atoms. The number of hydrogen-bond donors (Lipinski definition) is 7. The average molecular weight is 938 g/mol. The van der Waals surface area contributed by atoms with Crippen molar-refractivity contribution in [3.05, 3.63) is 82.9 Å². The number of carbonyl (C=O) groups is 5. The van der Waals surface area contributed by atoms with Crippen LogP contribution in [-0.2, 0) is 47.6 Å². The molecule has 366 valence electrons. The summed E-state index contributed by atoms with van der Waals surface area (Å²) in [6.07, 6.45) is -15.2. The Morgan fingerprint density at radius 2 is 1.57 bits per heavy atom. The first-order valence-corrected chi connectivity index (χ1v) is 22.9. The fraction of sp³-hybridized carbons (Fsp3) is 0.612. The van der Waals surface area contributed by atoms with E-state index in [1.54, 1.807) is 48.5 Å². The van der Waals surface area contributed by atoms with Crippen LogP contribution in [0.2, 0.25) is 0 Å². The highest BCUT2D eigenvalue weighted by molar-refractivity contribution is 5.94. The van der Waals surface area contributed by atoms with Crippen LogP contribution in [0.15, 0.2) is 71.8 Å². The molecule has 2 aromatic rings. The van der Waals surface area contributed by atoms with Crippen LogP contribution in [0.5, 0.6) is 0 Å². The molecule has 4 fully saturated rings. The third-order valence-corrected chi connectivity index (χ3v) is 14.9. The SMILES string of the molecule is CCCCCC(=O)N[C@@H](c1ccccc1)[C@@H](O)C(=O)O[C@H]1C[C@]2(O)[C@@H](OC(=O)c3ccccc3)[C@@H]3[C@]4(OC(C)=O)CO[C@@H]4C[C@H](O[C@@H]4OC[C@@H](O)[C@H](O)[C@H]4O)[C@@]3(C)C(=O)[C@H](O)C(=C1C)C2(C)C. The lowest BCUT2D eigenvalue weighted by atomic mass is 9.44. The number of rotatable bonds is 14. The van der Waals surface area contributed by atoms with Gasteiger partial charge in [0.1, 0.15) is 48.3 Å². The Kier molecular flexibility index (Phi) is 14.6. The van der Waals surface area contributed by atoms with Gasteiger partial charge in [-0.15, -0.1) is 0 Å². The van der Waals surface area contributed by atoms with Gasteiger partial charge in [-0.05, 0) is 49.1 Å². The summed E-state index contributed by atoms with van der Waals surface area (Å²) < 4.78 is 36.7. The molecular weight excluding hydrogens is 875 g/mol. The van der Waals surface area contributed by atoms with Crippen LogP contribution in [-0.4, -0.2) is 146 Å². The average Bonchev–Trinajstić information content (AvgIpc) is 3.29. The van der Waals surface area contributed by atoms with E-state index in [0.717, 1.165) is 19.8 Å². The number of unbranched alkanes of at least 4 members (excludes halogenated alkanes) is 2. The van der Waals surface area contributed by atoms with Crippen LogP contribution >= 0.6 is 0 Å².